The van der Waals surface area contributed by atoms with Crippen molar-refractivity contribution in [1.29, 1.82) is 5.26 Å². The lowest BCUT2D eigenvalue weighted by Crippen LogP contribution is -2.39. The molecule has 0 saturated carbocycles. The summed E-state index contributed by atoms with van der Waals surface area (Å²) in [7, 11) is 0. The van der Waals surface area contributed by atoms with E-state index < -0.39 is 16.9 Å². The third-order valence-corrected chi connectivity index (χ3v) is 5.78. The second-order valence-corrected chi connectivity index (χ2v) is 7.73. The fraction of sp³-hybridized carbons (Fsp3) is 0.261. The number of nitrogens with zero attached hydrogens (tertiary/aromatic N) is 4. The molecule has 0 spiro atoms. The molecule has 8 nitrogen and oxygen atoms in total. The number of nitro groups is 1. The smallest absolute Gasteiger partial charge is 0.316 e. The monoisotopic (exact) mass is 450 g/mol. The summed E-state index contributed by atoms with van der Waals surface area (Å²) in [5, 5.41) is 21.8. The number of amidine groups is 1. The molecular formula is C23H22N4O4S. The van der Waals surface area contributed by atoms with E-state index in [0.29, 0.717) is 28.5 Å². The number of ether oxygens (including phenoxy) is 1. The number of esters is 1. The van der Waals surface area contributed by atoms with Gasteiger partial charge in [-0.3, -0.25) is 14.9 Å². The molecule has 1 heterocycles. The molecule has 1 aliphatic rings. The Labute approximate surface area is 190 Å². The number of carbonyl (C=O) groups excluding carboxylic acids is 1. The van der Waals surface area contributed by atoms with E-state index in [-0.39, 0.29) is 18.0 Å². The van der Waals surface area contributed by atoms with Crippen molar-refractivity contribution in [2.24, 2.45) is 4.99 Å². The van der Waals surface area contributed by atoms with Crippen LogP contribution in [0.1, 0.15) is 31.0 Å². The van der Waals surface area contributed by atoms with Crippen LogP contribution in [0.25, 0.3) is 0 Å². The summed E-state index contributed by atoms with van der Waals surface area (Å²) in [6, 6.07) is 17.4. The van der Waals surface area contributed by atoms with Gasteiger partial charge in [0.25, 0.3) is 5.69 Å². The predicted molar refractivity (Wildman–Crippen MR) is 123 cm³/mol. The number of benzene rings is 2. The molecule has 3 rings (SSSR count). The summed E-state index contributed by atoms with van der Waals surface area (Å²) < 4.78 is 5.01. The van der Waals surface area contributed by atoms with Crippen LogP contribution in [-0.4, -0.2) is 40.5 Å². The third kappa shape index (κ3) is 4.98. The van der Waals surface area contributed by atoms with Gasteiger partial charge in [-0.1, -0.05) is 54.2 Å². The van der Waals surface area contributed by atoms with Crippen LogP contribution in [-0.2, 0) is 9.53 Å². The van der Waals surface area contributed by atoms with Gasteiger partial charge < -0.3 is 9.64 Å². The SMILES string of the molecule is CCOC(=O)CSC1=C(C#N)C(c2cccc([N+](=O)[O-])c2)N(CC)C(c2ccccc2)=N1. The molecule has 0 radical (unpaired) electrons. The van der Waals surface area contributed by atoms with Gasteiger partial charge in [0.05, 0.1) is 28.9 Å². The van der Waals surface area contributed by atoms with E-state index in [1.54, 1.807) is 19.1 Å². The first-order chi connectivity index (χ1) is 15.5. The van der Waals surface area contributed by atoms with Crippen LogP contribution in [0.15, 0.2) is 70.2 Å². The second kappa shape index (κ2) is 10.6. The van der Waals surface area contributed by atoms with E-state index in [4.69, 9.17) is 9.73 Å². The van der Waals surface area contributed by atoms with Crippen molar-refractivity contribution in [2.45, 2.75) is 19.9 Å². The Morgan fingerprint density at radius 3 is 2.62 bits per heavy atom. The summed E-state index contributed by atoms with van der Waals surface area (Å²) in [5.74, 6) is 0.242. The Hall–Kier alpha value is -3.64. The lowest BCUT2D eigenvalue weighted by molar-refractivity contribution is -0.384. The quantitative estimate of drug-likeness (QED) is 0.332. The largest absolute Gasteiger partial charge is 0.465 e. The van der Waals surface area contributed by atoms with Crippen LogP contribution in [0.3, 0.4) is 0 Å². The number of non-ortho nitro benzene ring substituents is 1. The van der Waals surface area contributed by atoms with Gasteiger partial charge >= 0.3 is 5.97 Å². The minimum Gasteiger partial charge on any atom is -0.465 e. The van der Waals surface area contributed by atoms with E-state index >= 15 is 0 Å². The Balaban J connectivity index is 2.15. The molecule has 0 bridgehead atoms. The average molecular weight is 451 g/mol. The van der Waals surface area contributed by atoms with Gasteiger partial charge in [-0.15, -0.1) is 0 Å². The first-order valence-corrected chi connectivity index (χ1v) is 11.1. The first kappa shape index (κ1) is 23.0. The van der Waals surface area contributed by atoms with Gasteiger partial charge in [0.1, 0.15) is 16.9 Å². The minimum atomic E-state index is -0.581. The maximum Gasteiger partial charge on any atom is 0.316 e. The number of thioether (sulfide) groups is 1. The summed E-state index contributed by atoms with van der Waals surface area (Å²) in [6.45, 7) is 4.45. The second-order valence-electron chi connectivity index (χ2n) is 6.77. The number of hydrogen-bond donors (Lipinski definition) is 0. The first-order valence-electron chi connectivity index (χ1n) is 10.1. The molecule has 0 aromatic heterocycles. The summed E-state index contributed by atoms with van der Waals surface area (Å²) in [6.07, 6.45) is 0. The van der Waals surface area contributed by atoms with E-state index in [2.05, 4.69) is 6.07 Å². The highest BCUT2D eigenvalue weighted by molar-refractivity contribution is 8.03. The number of rotatable bonds is 8. The van der Waals surface area contributed by atoms with E-state index in [9.17, 15) is 20.2 Å². The number of hydrogen-bond acceptors (Lipinski definition) is 8. The molecule has 2 aromatic rings. The topological polar surface area (TPSA) is 109 Å². The van der Waals surface area contributed by atoms with Crippen molar-refractivity contribution in [2.75, 3.05) is 18.9 Å². The molecule has 1 atom stereocenters. The van der Waals surface area contributed by atoms with Gasteiger partial charge in [0.15, 0.2) is 0 Å². The number of carbonyl (C=O) groups is 1. The molecule has 0 amide bonds. The normalized spacial score (nSPS) is 15.7. The van der Waals surface area contributed by atoms with Crippen molar-refractivity contribution in [3.05, 3.63) is 86.4 Å². The number of aliphatic imine (C=N–C) groups is 1. The van der Waals surface area contributed by atoms with Crippen LogP contribution in [0.4, 0.5) is 5.69 Å². The molecule has 32 heavy (non-hydrogen) atoms. The Morgan fingerprint density at radius 2 is 2.00 bits per heavy atom. The fourth-order valence-electron chi connectivity index (χ4n) is 3.47. The molecule has 164 valence electrons. The van der Waals surface area contributed by atoms with E-state index in [1.165, 1.54) is 12.1 Å². The van der Waals surface area contributed by atoms with Gasteiger partial charge in [-0.05, 0) is 19.4 Å². The van der Waals surface area contributed by atoms with Crippen LogP contribution in [0.2, 0.25) is 0 Å². The molecule has 0 aliphatic carbocycles. The lowest BCUT2D eigenvalue weighted by Gasteiger charge is -2.37. The zero-order valence-electron chi connectivity index (χ0n) is 17.7. The van der Waals surface area contributed by atoms with Gasteiger partial charge in [-0.25, -0.2) is 4.99 Å². The number of nitriles is 1. The molecule has 2 aromatic carbocycles. The maximum atomic E-state index is 11.9. The fourth-order valence-corrected chi connectivity index (χ4v) is 4.27. The van der Waals surface area contributed by atoms with Gasteiger partial charge in [0, 0.05) is 24.2 Å². The van der Waals surface area contributed by atoms with Crippen LogP contribution >= 0.6 is 11.8 Å². The molecule has 1 aliphatic heterocycles. The van der Waals surface area contributed by atoms with Crippen molar-refractivity contribution in [3.8, 4) is 6.07 Å². The maximum absolute atomic E-state index is 11.9. The highest BCUT2D eigenvalue weighted by Gasteiger charge is 2.34. The van der Waals surface area contributed by atoms with Crippen molar-refractivity contribution < 1.29 is 14.5 Å². The molecular weight excluding hydrogens is 428 g/mol. The van der Waals surface area contributed by atoms with Gasteiger partial charge in [-0.2, -0.15) is 5.26 Å². The van der Waals surface area contributed by atoms with E-state index in [1.807, 2.05) is 42.2 Å². The van der Waals surface area contributed by atoms with Crippen LogP contribution < -0.4 is 0 Å². The molecule has 0 saturated heterocycles. The highest BCUT2D eigenvalue weighted by Crippen LogP contribution is 2.40. The van der Waals surface area contributed by atoms with Crippen LogP contribution in [0.5, 0.6) is 0 Å². The average Bonchev–Trinajstić information content (AvgIpc) is 2.82. The third-order valence-electron chi connectivity index (χ3n) is 4.82. The molecule has 0 N–H and O–H groups in total. The number of likely N-dealkylation sites (N-methyl/N-ethyl adjacent to an activating group) is 1. The summed E-state index contributed by atoms with van der Waals surface area (Å²) in [5.41, 5.74) is 1.73. The lowest BCUT2D eigenvalue weighted by atomic mass is 9.95. The zero-order chi connectivity index (χ0) is 23.1. The molecule has 9 heteroatoms. The molecule has 1 unspecified atom stereocenters. The Morgan fingerprint density at radius 1 is 1.25 bits per heavy atom. The number of nitro benzene ring substituents is 1. The van der Waals surface area contributed by atoms with Crippen LogP contribution in [0, 0.1) is 21.4 Å². The van der Waals surface area contributed by atoms with Crippen molar-refractivity contribution in [1.82, 2.24) is 4.90 Å². The summed E-state index contributed by atoms with van der Waals surface area (Å²) in [4.78, 5) is 29.5. The Kier molecular flexibility index (Phi) is 7.63. The minimum absolute atomic E-state index is 0.00764. The zero-order valence-corrected chi connectivity index (χ0v) is 18.5. The van der Waals surface area contributed by atoms with Crippen molar-refractivity contribution in [3.63, 3.8) is 0 Å². The highest BCUT2D eigenvalue weighted by atomic mass is 32.2. The van der Waals surface area contributed by atoms with Crippen molar-refractivity contribution >= 4 is 29.3 Å². The Bertz CT molecular complexity index is 1110. The van der Waals surface area contributed by atoms with Gasteiger partial charge in [0.2, 0.25) is 0 Å². The standard InChI is InChI=1S/C23H22N4O4S/c1-3-26-21(17-11-8-12-18(13-17)27(29)30)19(14-24)23(32-15-20(28)31-4-2)25-22(26)16-9-6-5-7-10-16/h5-13,21H,3-4,15H2,1-2H3. The summed E-state index contributed by atoms with van der Waals surface area (Å²) >= 11 is 1.13. The van der Waals surface area contributed by atoms with E-state index in [0.717, 1.165) is 17.3 Å². The predicted octanol–water partition coefficient (Wildman–Crippen LogP) is 4.45. The molecule has 0 fully saturated rings.